The first kappa shape index (κ1) is 28.4. The van der Waals surface area contributed by atoms with Crippen molar-refractivity contribution >= 4 is 26.8 Å². The summed E-state index contributed by atoms with van der Waals surface area (Å²) in [6.07, 6.45) is 2.31. The third-order valence-corrected chi connectivity index (χ3v) is 7.55. The Morgan fingerprint density at radius 2 is 1.69 bits per heavy atom. The second-order valence-corrected chi connectivity index (χ2v) is 11.4. The molecule has 0 radical (unpaired) electrons. The Morgan fingerprint density at radius 1 is 0.974 bits per heavy atom. The number of aliphatic hydroxyl groups is 1. The number of aliphatic hydroxyl groups excluding tert-OH is 1. The van der Waals surface area contributed by atoms with Crippen molar-refractivity contribution in [3.8, 4) is 0 Å². The van der Waals surface area contributed by atoms with E-state index in [9.17, 15) is 27.1 Å². The van der Waals surface area contributed by atoms with Crippen LogP contribution < -0.4 is 10.6 Å². The summed E-state index contributed by atoms with van der Waals surface area (Å²) in [5.74, 6) is -2.01. The lowest BCUT2D eigenvalue weighted by Gasteiger charge is -2.25. The number of fused-ring (bicyclic) bond motifs is 1. The van der Waals surface area contributed by atoms with E-state index < -0.39 is 39.7 Å². The Balaban J connectivity index is 1.51. The molecule has 1 heterocycles. The van der Waals surface area contributed by atoms with Crippen LogP contribution in [0.4, 0.5) is 8.78 Å². The van der Waals surface area contributed by atoms with Gasteiger partial charge in [-0.15, -0.1) is 0 Å². The summed E-state index contributed by atoms with van der Waals surface area (Å²) in [7, 11) is -3.51. The molecule has 0 saturated heterocycles. The molecule has 3 N–H and O–H groups in total. The Morgan fingerprint density at radius 3 is 2.38 bits per heavy atom. The predicted octanol–water partition coefficient (Wildman–Crippen LogP) is 3.78. The van der Waals surface area contributed by atoms with Crippen molar-refractivity contribution < 1.29 is 27.1 Å². The zero-order valence-electron chi connectivity index (χ0n) is 21.7. The first-order chi connectivity index (χ1) is 18.5. The smallest absolute Gasteiger partial charge is 0.251 e. The van der Waals surface area contributed by atoms with Crippen LogP contribution in [-0.2, 0) is 29.4 Å². The third kappa shape index (κ3) is 7.29. The van der Waals surface area contributed by atoms with Crippen LogP contribution in [-0.4, -0.2) is 48.4 Å². The standard InChI is InChI=1S/C29H31F2N3O4S/c1-3-19-5-4-6-20(11-19)17-32-18-28(35)26(14-21-12-24(30)16-25(31)13-21)33-29(36)23-7-8-27-22(15-23)9-10-34(27)39(2,37)38/h4-13,15-16,26,28,32,35H,3,14,17-18H2,1-2H3,(H,33,36)/t26-,28+/m0/s1. The SMILES string of the molecule is CCc1cccc(CNC[C@@H](O)[C@H](Cc2cc(F)cc(F)c2)NC(=O)c2ccc3c(ccn3S(C)(=O)=O)c2)c1. The van der Waals surface area contributed by atoms with Gasteiger partial charge in [0.05, 0.1) is 23.9 Å². The van der Waals surface area contributed by atoms with E-state index in [2.05, 4.69) is 23.6 Å². The number of carbonyl (C=O) groups is 1. The number of aryl methyl sites for hydroxylation is 1. The molecule has 0 aliphatic heterocycles. The summed E-state index contributed by atoms with van der Waals surface area (Å²) in [6, 6.07) is 16.4. The molecule has 1 amide bonds. The van der Waals surface area contributed by atoms with Gasteiger partial charge in [-0.1, -0.05) is 31.2 Å². The van der Waals surface area contributed by atoms with Crippen molar-refractivity contribution in [2.45, 2.75) is 38.5 Å². The number of halogens is 2. The molecule has 39 heavy (non-hydrogen) atoms. The summed E-state index contributed by atoms with van der Waals surface area (Å²) in [4.78, 5) is 13.2. The number of hydrogen-bond acceptors (Lipinski definition) is 5. The average molecular weight is 556 g/mol. The molecule has 0 fully saturated rings. The third-order valence-electron chi connectivity index (χ3n) is 6.52. The predicted molar refractivity (Wildman–Crippen MR) is 147 cm³/mol. The molecule has 0 aliphatic rings. The minimum absolute atomic E-state index is 0.0126. The fourth-order valence-corrected chi connectivity index (χ4v) is 5.34. The van der Waals surface area contributed by atoms with Crippen LogP contribution in [0.5, 0.6) is 0 Å². The van der Waals surface area contributed by atoms with Crippen LogP contribution >= 0.6 is 0 Å². The molecule has 1 aromatic heterocycles. The minimum atomic E-state index is -3.51. The van der Waals surface area contributed by atoms with E-state index in [-0.39, 0.29) is 24.1 Å². The van der Waals surface area contributed by atoms with E-state index in [4.69, 9.17) is 0 Å². The Hall–Kier alpha value is -3.60. The molecule has 0 unspecified atom stereocenters. The second-order valence-electron chi connectivity index (χ2n) is 9.58. The average Bonchev–Trinajstić information content (AvgIpc) is 3.32. The van der Waals surface area contributed by atoms with E-state index in [1.807, 2.05) is 18.2 Å². The van der Waals surface area contributed by atoms with Gasteiger partial charge in [0.2, 0.25) is 10.0 Å². The maximum absolute atomic E-state index is 13.8. The van der Waals surface area contributed by atoms with Gasteiger partial charge < -0.3 is 15.7 Å². The van der Waals surface area contributed by atoms with E-state index >= 15 is 0 Å². The summed E-state index contributed by atoms with van der Waals surface area (Å²) in [5, 5.41) is 17.5. The van der Waals surface area contributed by atoms with E-state index in [1.165, 1.54) is 36.0 Å². The Labute approximate surface area is 226 Å². The lowest BCUT2D eigenvalue weighted by atomic mass is 9.99. The van der Waals surface area contributed by atoms with Crippen LogP contribution in [0.25, 0.3) is 10.9 Å². The van der Waals surface area contributed by atoms with Gasteiger partial charge in [-0.2, -0.15) is 0 Å². The van der Waals surface area contributed by atoms with Crippen molar-refractivity contribution in [1.29, 1.82) is 0 Å². The van der Waals surface area contributed by atoms with Gasteiger partial charge in [0, 0.05) is 36.3 Å². The molecule has 0 saturated carbocycles. The topological polar surface area (TPSA) is 100 Å². The van der Waals surface area contributed by atoms with Gasteiger partial charge >= 0.3 is 0 Å². The minimum Gasteiger partial charge on any atom is -0.390 e. The molecule has 2 atom stereocenters. The molecule has 4 aromatic rings. The molecule has 0 bridgehead atoms. The van der Waals surface area contributed by atoms with Crippen LogP contribution in [0.1, 0.15) is 34.0 Å². The largest absolute Gasteiger partial charge is 0.390 e. The molecule has 3 aromatic carbocycles. The lowest BCUT2D eigenvalue weighted by molar-refractivity contribution is 0.0830. The number of benzene rings is 3. The summed E-state index contributed by atoms with van der Waals surface area (Å²) >= 11 is 0. The zero-order valence-corrected chi connectivity index (χ0v) is 22.5. The van der Waals surface area contributed by atoms with Crippen LogP contribution in [0.2, 0.25) is 0 Å². The molecule has 4 rings (SSSR count). The molecule has 7 nitrogen and oxygen atoms in total. The Bertz CT molecular complexity index is 1570. The number of nitrogens with one attached hydrogen (secondary N) is 2. The highest BCUT2D eigenvalue weighted by Crippen LogP contribution is 2.20. The van der Waals surface area contributed by atoms with Gasteiger partial charge in [0.1, 0.15) is 11.6 Å². The maximum Gasteiger partial charge on any atom is 0.251 e. The monoisotopic (exact) mass is 555 g/mol. The van der Waals surface area contributed by atoms with Crippen LogP contribution in [0.15, 0.2) is 72.9 Å². The molecule has 206 valence electrons. The summed E-state index contributed by atoms with van der Waals surface area (Å²) < 4.78 is 52.8. The fraction of sp³-hybridized carbons (Fsp3) is 0.276. The molecular weight excluding hydrogens is 524 g/mol. The van der Waals surface area contributed by atoms with E-state index in [1.54, 1.807) is 12.1 Å². The summed E-state index contributed by atoms with van der Waals surface area (Å²) in [5.41, 5.74) is 3.20. The van der Waals surface area contributed by atoms with E-state index in [0.717, 1.165) is 28.3 Å². The van der Waals surface area contributed by atoms with Crippen molar-refractivity contribution in [3.63, 3.8) is 0 Å². The van der Waals surface area contributed by atoms with Gasteiger partial charge in [0.15, 0.2) is 0 Å². The zero-order chi connectivity index (χ0) is 28.2. The number of rotatable bonds is 11. The highest BCUT2D eigenvalue weighted by molar-refractivity contribution is 7.89. The van der Waals surface area contributed by atoms with Gasteiger partial charge in [0.25, 0.3) is 5.91 Å². The summed E-state index contributed by atoms with van der Waals surface area (Å²) in [6.45, 7) is 2.68. The van der Waals surface area contributed by atoms with E-state index in [0.29, 0.717) is 17.4 Å². The Kier molecular flexibility index (Phi) is 8.79. The fourth-order valence-electron chi connectivity index (χ4n) is 4.53. The first-order valence-electron chi connectivity index (χ1n) is 12.6. The quantitative estimate of drug-likeness (QED) is 0.262. The maximum atomic E-state index is 13.8. The normalized spacial score (nSPS) is 13.4. The van der Waals surface area contributed by atoms with Crippen LogP contribution in [0.3, 0.4) is 0 Å². The van der Waals surface area contributed by atoms with Crippen molar-refractivity contribution in [2.24, 2.45) is 0 Å². The number of carbonyl (C=O) groups excluding carboxylic acids is 1. The number of aromatic nitrogens is 1. The van der Waals surface area contributed by atoms with Crippen LogP contribution in [0, 0.1) is 11.6 Å². The molecular formula is C29H31F2N3O4S. The number of nitrogens with zero attached hydrogens (tertiary/aromatic N) is 1. The second kappa shape index (κ2) is 12.1. The molecule has 0 aliphatic carbocycles. The number of amides is 1. The first-order valence-corrected chi connectivity index (χ1v) is 14.4. The lowest BCUT2D eigenvalue weighted by Crippen LogP contribution is -2.48. The van der Waals surface area contributed by atoms with Crippen molar-refractivity contribution in [2.75, 3.05) is 12.8 Å². The number of hydrogen-bond donors (Lipinski definition) is 3. The van der Waals surface area contributed by atoms with Gasteiger partial charge in [-0.05, 0) is 65.9 Å². The van der Waals surface area contributed by atoms with Crippen molar-refractivity contribution in [1.82, 2.24) is 14.6 Å². The van der Waals surface area contributed by atoms with Gasteiger partial charge in [-0.25, -0.2) is 21.2 Å². The highest BCUT2D eigenvalue weighted by atomic mass is 32.2. The molecule has 0 spiro atoms. The molecule has 10 heteroatoms. The van der Waals surface area contributed by atoms with Gasteiger partial charge in [-0.3, -0.25) is 4.79 Å². The highest BCUT2D eigenvalue weighted by Gasteiger charge is 2.23. The van der Waals surface area contributed by atoms with Crippen molar-refractivity contribution in [3.05, 3.63) is 107 Å².